The van der Waals surface area contributed by atoms with Gasteiger partial charge in [0, 0.05) is 51.9 Å². The number of aromatic nitrogens is 1. The van der Waals surface area contributed by atoms with E-state index in [1.54, 1.807) is 17.9 Å². The molecule has 1 N–H and O–H groups in total. The van der Waals surface area contributed by atoms with E-state index in [4.69, 9.17) is 4.52 Å². The van der Waals surface area contributed by atoms with Crippen LogP contribution in [0.5, 0.6) is 0 Å². The highest BCUT2D eigenvalue weighted by molar-refractivity contribution is 6.35. The molecular weight excluding hydrogens is 380 g/mol. The monoisotopic (exact) mass is 406 g/mol. The first-order chi connectivity index (χ1) is 13.9. The zero-order chi connectivity index (χ0) is 21.0. The number of rotatable bonds is 6. The summed E-state index contributed by atoms with van der Waals surface area (Å²) in [6, 6.07) is 1.64. The van der Waals surface area contributed by atoms with E-state index in [2.05, 4.69) is 10.5 Å². The number of hydrogen-bond acceptors (Lipinski definition) is 7. The molecule has 2 fully saturated rings. The Kier molecular flexibility index (Phi) is 6.47. The van der Waals surface area contributed by atoms with Crippen molar-refractivity contribution in [3.63, 3.8) is 0 Å². The lowest BCUT2D eigenvalue weighted by atomic mass is 10.2. The van der Waals surface area contributed by atoms with Gasteiger partial charge in [0.1, 0.15) is 12.3 Å². The molecule has 1 aromatic heterocycles. The smallest absolute Gasteiger partial charge is 0.312 e. The standard InChI is InChI=1S/C18H26N6O5/c1-3-22-8-9-24(18(28)17(22)27)12-16(26)23-6-4-21(5-7-23)11-15(25)19-14-10-13(2)29-20-14/h10H,3-9,11-12H2,1-2H3,(H,19,20,25). The van der Waals surface area contributed by atoms with E-state index in [1.165, 1.54) is 9.80 Å². The van der Waals surface area contributed by atoms with E-state index in [1.807, 2.05) is 11.8 Å². The predicted molar refractivity (Wildman–Crippen MR) is 102 cm³/mol. The van der Waals surface area contributed by atoms with Crippen molar-refractivity contribution in [2.45, 2.75) is 13.8 Å². The summed E-state index contributed by atoms with van der Waals surface area (Å²) < 4.78 is 4.91. The van der Waals surface area contributed by atoms with E-state index in [0.717, 1.165) is 0 Å². The molecule has 0 saturated carbocycles. The molecule has 0 bridgehead atoms. The van der Waals surface area contributed by atoms with Gasteiger partial charge in [-0.3, -0.25) is 24.1 Å². The van der Waals surface area contributed by atoms with Crippen LogP contribution in [0, 0.1) is 6.92 Å². The van der Waals surface area contributed by atoms with Crippen molar-refractivity contribution in [1.82, 2.24) is 24.8 Å². The number of carbonyl (C=O) groups is 4. The molecule has 11 heteroatoms. The average molecular weight is 406 g/mol. The summed E-state index contributed by atoms with van der Waals surface area (Å²) >= 11 is 0. The highest BCUT2D eigenvalue weighted by Gasteiger charge is 2.34. The Morgan fingerprint density at radius 3 is 2.31 bits per heavy atom. The topological polar surface area (TPSA) is 119 Å². The SMILES string of the molecule is CCN1CCN(CC(=O)N2CCN(CC(=O)Nc3cc(C)on3)CC2)C(=O)C1=O. The van der Waals surface area contributed by atoms with Crippen LogP contribution in [0.3, 0.4) is 0 Å². The van der Waals surface area contributed by atoms with Crippen molar-refractivity contribution >= 4 is 29.4 Å². The van der Waals surface area contributed by atoms with Crippen molar-refractivity contribution in [3.8, 4) is 0 Å². The van der Waals surface area contributed by atoms with Crippen LogP contribution in [0.1, 0.15) is 12.7 Å². The lowest BCUT2D eigenvalue weighted by molar-refractivity contribution is -0.157. The lowest BCUT2D eigenvalue weighted by Crippen LogP contribution is -2.58. The first-order valence-corrected chi connectivity index (χ1v) is 9.69. The van der Waals surface area contributed by atoms with Crippen molar-refractivity contribution in [3.05, 3.63) is 11.8 Å². The third-order valence-corrected chi connectivity index (χ3v) is 5.09. The van der Waals surface area contributed by atoms with Gasteiger partial charge in [-0.25, -0.2) is 0 Å². The number of amides is 4. The normalized spacial score (nSPS) is 18.3. The van der Waals surface area contributed by atoms with Crippen LogP contribution in [-0.2, 0) is 19.2 Å². The lowest BCUT2D eigenvalue weighted by Gasteiger charge is -2.37. The van der Waals surface area contributed by atoms with Crippen LogP contribution in [0.15, 0.2) is 10.6 Å². The van der Waals surface area contributed by atoms with Crippen LogP contribution in [0.25, 0.3) is 0 Å². The second-order valence-corrected chi connectivity index (χ2v) is 7.14. The molecule has 1 aromatic rings. The maximum atomic E-state index is 12.5. The number of piperazine rings is 2. The number of aryl methyl sites for hydroxylation is 1. The first kappa shape index (κ1) is 20.8. The highest BCUT2D eigenvalue weighted by Crippen LogP contribution is 2.09. The number of hydrogen-bond donors (Lipinski definition) is 1. The zero-order valence-corrected chi connectivity index (χ0v) is 16.7. The Bertz CT molecular complexity index is 785. The third-order valence-electron chi connectivity index (χ3n) is 5.09. The Labute approximate surface area is 168 Å². The summed E-state index contributed by atoms with van der Waals surface area (Å²) in [4.78, 5) is 55.1. The summed E-state index contributed by atoms with van der Waals surface area (Å²) in [6.45, 7) is 6.99. The fourth-order valence-electron chi connectivity index (χ4n) is 3.40. The van der Waals surface area contributed by atoms with Crippen LogP contribution in [0.2, 0.25) is 0 Å². The second-order valence-electron chi connectivity index (χ2n) is 7.14. The minimum absolute atomic E-state index is 0.0892. The van der Waals surface area contributed by atoms with E-state index in [9.17, 15) is 19.2 Å². The molecule has 2 aliphatic rings. The average Bonchev–Trinajstić information content (AvgIpc) is 3.10. The van der Waals surface area contributed by atoms with Gasteiger partial charge in [-0.1, -0.05) is 5.16 Å². The predicted octanol–water partition coefficient (Wildman–Crippen LogP) is -1.24. The first-order valence-electron chi connectivity index (χ1n) is 9.69. The van der Waals surface area contributed by atoms with Gasteiger partial charge in [-0.2, -0.15) is 0 Å². The Morgan fingerprint density at radius 1 is 1.03 bits per heavy atom. The molecule has 0 aliphatic carbocycles. The molecule has 158 valence electrons. The van der Waals surface area contributed by atoms with Gasteiger partial charge >= 0.3 is 11.8 Å². The van der Waals surface area contributed by atoms with E-state index < -0.39 is 11.8 Å². The molecule has 0 aromatic carbocycles. The molecule has 0 radical (unpaired) electrons. The minimum Gasteiger partial charge on any atom is -0.360 e. The van der Waals surface area contributed by atoms with Gasteiger partial charge in [-0.05, 0) is 13.8 Å². The van der Waals surface area contributed by atoms with Crippen LogP contribution in [0.4, 0.5) is 5.82 Å². The summed E-state index contributed by atoms with van der Waals surface area (Å²) in [5.41, 5.74) is 0. The summed E-state index contributed by atoms with van der Waals surface area (Å²) in [6.07, 6.45) is 0. The Hall–Kier alpha value is -2.95. The molecule has 0 atom stereocenters. The highest BCUT2D eigenvalue weighted by atomic mass is 16.5. The number of nitrogens with zero attached hydrogens (tertiary/aromatic N) is 5. The second kappa shape index (κ2) is 9.03. The zero-order valence-electron chi connectivity index (χ0n) is 16.7. The van der Waals surface area contributed by atoms with Crippen LogP contribution in [-0.4, -0.2) is 107 Å². The number of nitrogens with one attached hydrogen (secondary N) is 1. The van der Waals surface area contributed by atoms with Crippen LogP contribution >= 0.6 is 0 Å². The van der Waals surface area contributed by atoms with E-state index >= 15 is 0 Å². The number of carbonyl (C=O) groups excluding carboxylic acids is 4. The molecule has 3 rings (SSSR count). The summed E-state index contributed by atoms with van der Waals surface area (Å²) in [5.74, 6) is -0.559. The quantitative estimate of drug-likeness (QED) is 0.587. The summed E-state index contributed by atoms with van der Waals surface area (Å²) in [5, 5.41) is 6.39. The van der Waals surface area contributed by atoms with Crippen molar-refractivity contribution in [2.75, 3.05) is 64.2 Å². The van der Waals surface area contributed by atoms with Crippen molar-refractivity contribution in [1.29, 1.82) is 0 Å². The minimum atomic E-state index is -0.621. The van der Waals surface area contributed by atoms with Gasteiger partial charge in [0.2, 0.25) is 11.8 Å². The van der Waals surface area contributed by atoms with Crippen molar-refractivity contribution < 1.29 is 23.7 Å². The number of likely N-dealkylation sites (N-methyl/N-ethyl adjacent to an activating group) is 1. The maximum Gasteiger partial charge on any atom is 0.312 e. The van der Waals surface area contributed by atoms with Gasteiger partial charge < -0.3 is 24.5 Å². The van der Waals surface area contributed by atoms with Crippen molar-refractivity contribution in [2.24, 2.45) is 0 Å². The largest absolute Gasteiger partial charge is 0.360 e. The summed E-state index contributed by atoms with van der Waals surface area (Å²) in [7, 11) is 0. The molecule has 0 spiro atoms. The Balaban J connectivity index is 1.42. The van der Waals surface area contributed by atoms with E-state index in [0.29, 0.717) is 57.4 Å². The molecule has 2 aliphatic heterocycles. The molecule has 29 heavy (non-hydrogen) atoms. The number of anilines is 1. The van der Waals surface area contributed by atoms with Gasteiger partial charge in [-0.15, -0.1) is 0 Å². The Morgan fingerprint density at radius 2 is 1.69 bits per heavy atom. The third kappa shape index (κ3) is 5.11. The van der Waals surface area contributed by atoms with E-state index in [-0.39, 0.29) is 24.9 Å². The molecule has 2 saturated heterocycles. The van der Waals surface area contributed by atoms with Gasteiger partial charge in [0.05, 0.1) is 6.54 Å². The maximum absolute atomic E-state index is 12.5. The van der Waals surface area contributed by atoms with Gasteiger partial charge in [0.15, 0.2) is 5.82 Å². The fourth-order valence-corrected chi connectivity index (χ4v) is 3.40. The molecule has 4 amide bonds. The molecule has 0 unspecified atom stereocenters. The molecule has 11 nitrogen and oxygen atoms in total. The molecule has 3 heterocycles. The molecular formula is C18H26N6O5. The van der Waals surface area contributed by atoms with Crippen LogP contribution < -0.4 is 5.32 Å². The fraction of sp³-hybridized carbons (Fsp3) is 0.611. The van der Waals surface area contributed by atoms with Gasteiger partial charge in [0.25, 0.3) is 0 Å².